The fourth-order valence-corrected chi connectivity index (χ4v) is 2.93. The van der Waals surface area contributed by atoms with Crippen molar-refractivity contribution in [1.29, 1.82) is 0 Å². The largest absolute Gasteiger partial charge is 0.357 e. The molecule has 0 radical (unpaired) electrons. The minimum atomic E-state index is 0. The van der Waals surface area contributed by atoms with Gasteiger partial charge in [0, 0.05) is 18.8 Å². The zero-order chi connectivity index (χ0) is 19.8. The summed E-state index contributed by atoms with van der Waals surface area (Å²) in [7, 11) is 0. The molecular formula is C22H29IN6. The average molecular weight is 504 g/mol. The third kappa shape index (κ3) is 6.56. The number of hydrogen-bond acceptors (Lipinski definition) is 3. The van der Waals surface area contributed by atoms with E-state index in [1.807, 2.05) is 34.9 Å². The van der Waals surface area contributed by atoms with E-state index in [9.17, 15) is 0 Å². The van der Waals surface area contributed by atoms with E-state index in [4.69, 9.17) is 4.99 Å². The number of benzene rings is 2. The molecule has 3 rings (SSSR count). The predicted molar refractivity (Wildman–Crippen MR) is 129 cm³/mol. The minimum Gasteiger partial charge on any atom is -0.357 e. The molecule has 0 saturated heterocycles. The summed E-state index contributed by atoms with van der Waals surface area (Å²) in [5, 5.41) is 15.0. The summed E-state index contributed by atoms with van der Waals surface area (Å²) in [6.45, 7) is 8.44. The van der Waals surface area contributed by atoms with Crippen LogP contribution in [0.2, 0.25) is 0 Å². The molecule has 2 N–H and O–H groups in total. The number of aryl methyl sites for hydroxylation is 1. The van der Waals surface area contributed by atoms with Crippen molar-refractivity contribution in [2.75, 3.05) is 13.1 Å². The van der Waals surface area contributed by atoms with Gasteiger partial charge in [0.1, 0.15) is 12.9 Å². The van der Waals surface area contributed by atoms with Crippen LogP contribution in [0.4, 0.5) is 0 Å². The van der Waals surface area contributed by atoms with Crippen LogP contribution in [0.1, 0.15) is 36.7 Å². The van der Waals surface area contributed by atoms with Gasteiger partial charge >= 0.3 is 0 Å². The van der Waals surface area contributed by atoms with E-state index in [1.165, 1.54) is 11.1 Å². The van der Waals surface area contributed by atoms with Crippen molar-refractivity contribution in [2.45, 2.75) is 33.2 Å². The maximum atomic E-state index is 4.69. The van der Waals surface area contributed by atoms with Gasteiger partial charge in [-0.1, -0.05) is 55.0 Å². The van der Waals surface area contributed by atoms with Crippen molar-refractivity contribution >= 4 is 29.9 Å². The Bertz CT molecular complexity index is 889. The number of aromatic nitrogens is 3. The lowest BCUT2D eigenvalue weighted by Crippen LogP contribution is -2.39. The average Bonchev–Trinajstić information content (AvgIpc) is 3.19. The van der Waals surface area contributed by atoms with Crippen molar-refractivity contribution < 1.29 is 0 Å². The van der Waals surface area contributed by atoms with Crippen LogP contribution in [0.15, 0.2) is 65.9 Å². The second-order valence-corrected chi connectivity index (χ2v) is 6.84. The van der Waals surface area contributed by atoms with Crippen LogP contribution in [0.25, 0.3) is 5.69 Å². The molecule has 0 aliphatic carbocycles. The summed E-state index contributed by atoms with van der Waals surface area (Å²) < 4.78 is 1.96. The van der Waals surface area contributed by atoms with Gasteiger partial charge in [0.2, 0.25) is 0 Å². The second-order valence-electron chi connectivity index (χ2n) is 6.84. The molecule has 1 unspecified atom stereocenters. The predicted octanol–water partition coefficient (Wildman–Crippen LogP) is 4.05. The zero-order valence-corrected chi connectivity index (χ0v) is 19.5. The lowest BCUT2D eigenvalue weighted by atomic mass is 10.0. The van der Waals surface area contributed by atoms with Gasteiger partial charge in [-0.25, -0.2) is 4.99 Å². The van der Waals surface area contributed by atoms with Gasteiger partial charge in [0.05, 0.1) is 0 Å². The van der Waals surface area contributed by atoms with Gasteiger partial charge in [-0.2, -0.15) is 0 Å². The quantitative estimate of drug-likeness (QED) is 0.290. The summed E-state index contributed by atoms with van der Waals surface area (Å²) in [5.74, 6) is 1.97. The highest BCUT2D eigenvalue weighted by atomic mass is 127. The molecule has 154 valence electrons. The Kier molecular flexibility index (Phi) is 9.11. The molecular weight excluding hydrogens is 475 g/mol. The summed E-state index contributed by atoms with van der Waals surface area (Å²) in [6, 6.07) is 18.7. The first-order valence-electron chi connectivity index (χ1n) is 9.70. The van der Waals surface area contributed by atoms with Crippen molar-refractivity contribution in [2.24, 2.45) is 4.99 Å². The van der Waals surface area contributed by atoms with E-state index < -0.39 is 0 Å². The van der Waals surface area contributed by atoms with Crippen molar-refractivity contribution in [3.8, 4) is 5.69 Å². The highest BCUT2D eigenvalue weighted by Crippen LogP contribution is 2.15. The molecule has 0 amide bonds. The number of guanidine groups is 1. The maximum absolute atomic E-state index is 4.69. The first-order chi connectivity index (χ1) is 13.7. The molecule has 0 saturated carbocycles. The van der Waals surface area contributed by atoms with Crippen LogP contribution in [-0.2, 0) is 6.54 Å². The third-order valence-corrected chi connectivity index (χ3v) is 4.60. The first kappa shape index (κ1) is 22.9. The number of hydrogen-bond donors (Lipinski definition) is 2. The van der Waals surface area contributed by atoms with Gasteiger partial charge in [-0.3, -0.25) is 4.57 Å². The van der Waals surface area contributed by atoms with Gasteiger partial charge in [-0.15, -0.1) is 34.2 Å². The Morgan fingerprint density at radius 2 is 1.79 bits per heavy atom. The summed E-state index contributed by atoms with van der Waals surface area (Å²) in [6.07, 6.45) is 1.72. The first-order valence-corrected chi connectivity index (χ1v) is 9.70. The molecule has 1 heterocycles. The van der Waals surface area contributed by atoms with E-state index in [-0.39, 0.29) is 24.0 Å². The Morgan fingerprint density at radius 1 is 1.07 bits per heavy atom. The van der Waals surface area contributed by atoms with Crippen LogP contribution in [-0.4, -0.2) is 33.8 Å². The molecule has 0 aliphatic heterocycles. The molecule has 6 nitrogen and oxygen atoms in total. The number of aliphatic imine (C=N–C) groups is 1. The van der Waals surface area contributed by atoms with E-state index in [1.54, 1.807) is 6.33 Å². The Hall–Kier alpha value is -2.42. The van der Waals surface area contributed by atoms with Crippen LogP contribution in [0.5, 0.6) is 0 Å². The lowest BCUT2D eigenvalue weighted by Gasteiger charge is -2.16. The third-order valence-electron chi connectivity index (χ3n) is 4.60. The Labute approximate surface area is 189 Å². The highest BCUT2D eigenvalue weighted by Gasteiger charge is 2.08. The monoisotopic (exact) mass is 504 g/mol. The van der Waals surface area contributed by atoms with Crippen molar-refractivity contribution in [3.63, 3.8) is 0 Å². The molecule has 3 aromatic rings. The normalized spacial score (nSPS) is 12.2. The van der Waals surface area contributed by atoms with Gasteiger partial charge < -0.3 is 10.6 Å². The SMILES string of the molecule is CCNC(=NCc1nncn1-c1ccccc1)NCC(C)c1ccc(C)cc1.I. The van der Waals surface area contributed by atoms with E-state index in [0.29, 0.717) is 12.5 Å². The molecule has 29 heavy (non-hydrogen) atoms. The van der Waals surface area contributed by atoms with Crippen molar-refractivity contribution in [3.05, 3.63) is 77.9 Å². The fraction of sp³-hybridized carbons (Fsp3) is 0.318. The van der Waals surface area contributed by atoms with E-state index >= 15 is 0 Å². The summed E-state index contributed by atoms with van der Waals surface area (Å²) >= 11 is 0. The lowest BCUT2D eigenvalue weighted by molar-refractivity contribution is 0.697. The smallest absolute Gasteiger partial charge is 0.191 e. The standard InChI is InChI=1S/C22H28N6.HI/c1-4-23-22(24-14-18(3)19-12-10-17(2)11-13-19)25-15-21-27-26-16-28(21)20-8-6-5-7-9-20;/h5-13,16,18H,4,14-15H2,1-3H3,(H2,23,24,25);1H. The number of rotatable bonds is 7. The molecule has 0 bridgehead atoms. The molecule has 0 fully saturated rings. The van der Waals surface area contributed by atoms with Gasteiger partial charge in [0.25, 0.3) is 0 Å². The minimum absolute atomic E-state index is 0. The molecule has 7 heteroatoms. The maximum Gasteiger partial charge on any atom is 0.191 e. The molecule has 1 aromatic heterocycles. The van der Waals surface area contributed by atoms with E-state index in [2.05, 4.69) is 65.9 Å². The van der Waals surface area contributed by atoms with Crippen LogP contribution in [0, 0.1) is 6.92 Å². The topological polar surface area (TPSA) is 67.1 Å². The van der Waals surface area contributed by atoms with Crippen LogP contribution >= 0.6 is 24.0 Å². The number of nitrogens with one attached hydrogen (secondary N) is 2. The van der Waals surface area contributed by atoms with E-state index in [0.717, 1.165) is 30.6 Å². The highest BCUT2D eigenvalue weighted by molar-refractivity contribution is 14.0. The fourth-order valence-electron chi connectivity index (χ4n) is 2.93. The zero-order valence-electron chi connectivity index (χ0n) is 17.2. The van der Waals surface area contributed by atoms with Crippen molar-refractivity contribution in [1.82, 2.24) is 25.4 Å². The number of halogens is 1. The number of para-hydroxylation sites is 1. The summed E-state index contributed by atoms with van der Waals surface area (Å²) in [4.78, 5) is 4.69. The Balaban J connectivity index is 0.00000300. The van der Waals surface area contributed by atoms with Crippen LogP contribution in [0.3, 0.4) is 0 Å². The van der Waals surface area contributed by atoms with Crippen LogP contribution < -0.4 is 10.6 Å². The van der Waals surface area contributed by atoms with Gasteiger partial charge in [-0.05, 0) is 37.5 Å². The number of nitrogens with zero attached hydrogens (tertiary/aromatic N) is 4. The molecule has 2 aromatic carbocycles. The Morgan fingerprint density at radius 3 is 2.48 bits per heavy atom. The molecule has 1 atom stereocenters. The molecule has 0 spiro atoms. The molecule has 0 aliphatic rings. The second kappa shape index (κ2) is 11.5. The summed E-state index contributed by atoms with van der Waals surface area (Å²) in [5.41, 5.74) is 3.63. The van der Waals surface area contributed by atoms with Gasteiger partial charge in [0.15, 0.2) is 11.8 Å².